The van der Waals surface area contributed by atoms with Crippen LogP contribution in [0.4, 0.5) is 0 Å². The van der Waals surface area contributed by atoms with Gasteiger partial charge in [0.1, 0.15) is 11.4 Å². The highest BCUT2D eigenvalue weighted by molar-refractivity contribution is 9.10. The number of benzene rings is 2. The number of nitrogens with zero attached hydrogens (tertiary/aromatic N) is 1. The van der Waals surface area contributed by atoms with Gasteiger partial charge in [-0.1, -0.05) is 46.3 Å². The second-order valence-electron chi connectivity index (χ2n) is 7.17. The van der Waals surface area contributed by atoms with Crippen LogP contribution in [0.1, 0.15) is 35.2 Å². The number of carbonyl (C=O) groups is 1. The molecule has 0 N–H and O–H groups in total. The fraction of sp³-hybridized carbons (Fsp3) is 0.350. The molecule has 5 nitrogen and oxygen atoms in total. The van der Waals surface area contributed by atoms with Crippen molar-refractivity contribution >= 4 is 31.7 Å². The van der Waals surface area contributed by atoms with Crippen molar-refractivity contribution in [1.29, 1.82) is 0 Å². The zero-order valence-electron chi connectivity index (χ0n) is 14.7. The van der Waals surface area contributed by atoms with Crippen LogP contribution < -0.4 is 4.74 Å². The molecule has 0 aliphatic carbocycles. The smallest absolute Gasteiger partial charge is 0.218 e. The van der Waals surface area contributed by atoms with E-state index in [1.807, 2.05) is 36.4 Å². The minimum Gasteiger partial charge on any atom is -0.486 e. The largest absolute Gasteiger partial charge is 0.486 e. The van der Waals surface area contributed by atoms with Crippen LogP contribution in [0.2, 0.25) is 0 Å². The Balaban J connectivity index is 1.47. The molecule has 2 aromatic rings. The molecular formula is C20H20BrNO4S. The summed E-state index contributed by atoms with van der Waals surface area (Å²) < 4.78 is 34.0. The lowest BCUT2D eigenvalue weighted by atomic mass is 9.83. The maximum atomic E-state index is 12.7. The summed E-state index contributed by atoms with van der Waals surface area (Å²) in [6.45, 7) is 0.739. The number of hydrogen-bond acceptors (Lipinski definition) is 4. The lowest BCUT2D eigenvalue weighted by Crippen LogP contribution is -2.52. The average molecular weight is 450 g/mol. The highest BCUT2D eigenvalue weighted by atomic mass is 79.9. The van der Waals surface area contributed by atoms with Gasteiger partial charge in [-0.2, -0.15) is 0 Å². The molecule has 0 amide bonds. The van der Waals surface area contributed by atoms with E-state index in [9.17, 15) is 13.2 Å². The van der Waals surface area contributed by atoms with E-state index >= 15 is 0 Å². The quantitative estimate of drug-likeness (QED) is 0.714. The summed E-state index contributed by atoms with van der Waals surface area (Å²) >= 11 is 3.38. The molecule has 142 valence electrons. The van der Waals surface area contributed by atoms with Crippen molar-refractivity contribution in [1.82, 2.24) is 4.31 Å². The zero-order valence-corrected chi connectivity index (χ0v) is 17.1. The molecule has 0 radical (unpaired) electrons. The summed E-state index contributed by atoms with van der Waals surface area (Å²) in [6, 6.07) is 14.6. The Bertz CT molecular complexity index is 967. The van der Waals surface area contributed by atoms with Crippen LogP contribution in [0.3, 0.4) is 0 Å². The van der Waals surface area contributed by atoms with Gasteiger partial charge in [0.05, 0.1) is 17.7 Å². The predicted molar refractivity (Wildman–Crippen MR) is 106 cm³/mol. The van der Waals surface area contributed by atoms with Crippen molar-refractivity contribution < 1.29 is 17.9 Å². The van der Waals surface area contributed by atoms with Gasteiger partial charge < -0.3 is 4.74 Å². The molecule has 2 heterocycles. The first kappa shape index (κ1) is 18.7. The molecule has 4 rings (SSSR count). The fourth-order valence-electron chi connectivity index (χ4n) is 3.79. The van der Waals surface area contributed by atoms with E-state index in [-0.39, 0.29) is 11.5 Å². The first-order valence-corrected chi connectivity index (χ1v) is 11.3. The van der Waals surface area contributed by atoms with Crippen LogP contribution in [-0.2, 0) is 15.8 Å². The lowest BCUT2D eigenvalue weighted by molar-refractivity contribution is 0.00588. The molecule has 1 saturated heterocycles. The van der Waals surface area contributed by atoms with Crippen LogP contribution in [0, 0.1) is 0 Å². The van der Waals surface area contributed by atoms with Crippen molar-refractivity contribution in [2.75, 3.05) is 13.1 Å². The van der Waals surface area contributed by atoms with Crippen molar-refractivity contribution in [3.63, 3.8) is 0 Å². The SMILES string of the molecule is O=C1CC2(CCN(S(=O)(=O)Cc3ccccc3)CC2)Oc2ccc(Br)cc21. The molecule has 0 atom stereocenters. The van der Waals surface area contributed by atoms with Gasteiger partial charge in [-0.25, -0.2) is 12.7 Å². The number of ketones is 1. The first-order chi connectivity index (χ1) is 12.9. The molecule has 2 aliphatic rings. The number of carbonyl (C=O) groups excluding carboxylic acids is 1. The van der Waals surface area contributed by atoms with Gasteiger partial charge in [0.15, 0.2) is 5.78 Å². The lowest BCUT2D eigenvalue weighted by Gasteiger charge is -2.43. The monoisotopic (exact) mass is 449 g/mol. The van der Waals surface area contributed by atoms with Crippen molar-refractivity contribution in [3.05, 3.63) is 64.1 Å². The molecular weight excluding hydrogens is 430 g/mol. The van der Waals surface area contributed by atoms with Crippen LogP contribution in [0.25, 0.3) is 0 Å². The highest BCUT2D eigenvalue weighted by Crippen LogP contribution is 2.40. The van der Waals surface area contributed by atoms with E-state index in [4.69, 9.17) is 4.74 Å². The Morgan fingerprint density at radius 2 is 1.78 bits per heavy atom. The molecule has 0 unspecified atom stereocenters. The zero-order chi connectivity index (χ0) is 19.1. The Labute approximate surface area is 167 Å². The van der Waals surface area contributed by atoms with Crippen molar-refractivity contribution in [2.24, 2.45) is 0 Å². The Morgan fingerprint density at radius 3 is 2.48 bits per heavy atom. The van der Waals surface area contributed by atoms with Crippen molar-refractivity contribution in [3.8, 4) is 5.75 Å². The van der Waals surface area contributed by atoms with E-state index in [2.05, 4.69) is 15.9 Å². The summed E-state index contributed by atoms with van der Waals surface area (Å²) in [7, 11) is -3.38. The summed E-state index contributed by atoms with van der Waals surface area (Å²) in [5, 5.41) is 0. The second-order valence-corrected chi connectivity index (χ2v) is 10.1. The van der Waals surface area contributed by atoms with Gasteiger partial charge in [0, 0.05) is 30.4 Å². The first-order valence-electron chi connectivity index (χ1n) is 8.90. The molecule has 2 aliphatic heterocycles. The summed E-state index contributed by atoms with van der Waals surface area (Å²) in [5.41, 5.74) is 0.770. The molecule has 0 aromatic heterocycles. The molecule has 0 bridgehead atoms. The molecule has 27 heavy (non-hydrogen) atoms. The van der Waals surface area contributed by atoms with Crippen molar-refractivity contribution in [2.45, 2.75) is 30.6 Å². The van der Waals surface area contributed by atoms with Gasteiger partial charge in [-0.15, -0.1) is 0 Å². The number of hydrogen-bond donors (Lipinski definition) is 0. The maximum absolute atomic E-state index is 12.7. The second kappa shape index (κ2) is 7.04. The summed E-state index contributed by atoms with van der Waals surface area (Å²) in [4.78, 5) is 12.6. The number of piperidine rings is 1. The molecule has 0 saturated carbocycles. The Morgan fingerprint density at radius 1 is 1.07 bits per heavy atom. The highest BCUT2D eigenvalue weighted by Gasteiger charge is 2.44. The third-order valence-corrected chi connectivity index (χ3v) is 7.61. The van der Waals surface area contributed by atoms with Crippen LogP contribution >= 0.6 is 15.9 Å². The Kier molecular flexibility index (Phi) is 4.86. The van der Waals surface area contributed by atoms with E-state index in [0.717, 1.165) is 10.0 Å². The van der Waals surface area contributed by atoms with E-state index in [1.165, 1.54) is 4.31 Å². The molecule has 2 aromatic carbocycles. The molecule has 1 spiro atoms. The summed E-state index contributed by atoms with van der Waals surface area (Å²) in [6.07, 6.45) is 1.33. The van der Waals surface area contributed by atoms with Gasteiger partial charge in [0.25, 0.3) is 0 Å². The normalized spacial score (nSPS) is 19.5. The fourth-order valence-corrected chi connectivity index (χ4v) is 5.69. The number of sulfonamides is 1. The third kappa shape index (κ3) is 3.81. The standard InChI is InChI=1S/C20H20BrNO4S/c21-16-6-7-19-17(12-16)18(23)13-20(26-19)8-10-22(11-9-20)27(24,25)14-15-4-2-1-3-5-15/h1-7,12H,8-11,13-14H2. The van der Waals surface area contributed by atoms with Gasteiger partial charge in [-0.05, 0) is 23.8 Å². The van der Waals surface area contributed by atoms with Gasteiger partial charge in [-0.3, -0.25) is 4.79 Å². The van der Waals surface area contributed by atoms with Crippen LogP contribution in [0.5, 0.6) is 5.75 Å². The van der Waals surface area contributed by atoms with Crippen LogP contribution in [-0.4, -0.2) is 37.2 Å². The van der Waals surface area contributed by atoms with E-state index < -0.39 is 15.6 Å². The predicted octanol–water partition coefficient (Wildman–Crippen LogP) is 3.78. The number of ether oxygens (including phenoxy) is 1. The van der Waals surface area contributed by atoms with Crippen LogP contribution in [0.15, 0.2) is 53.0 Å². The number of Topliss-reactive ketones (excluding diaryl/α,β-unsaturated/α-hetero) is 1. The topological polar surface area (TPSA) is 63.7 Å². The maximum Gasteiger partial charge on any atom is 0.218 e. The molecule has 1 fully saturated rings. The van der Waals surface area contributed by atoms with Gasteiger partial charge in [0.2, 0.25) is 10.0 Å². The van der Waals surface area contributed by atoms with E-state index in [1.54, 1.807) is 12.1 Å². The molecule has 7 heteroatoms. The third-order valence-electron chi connectivity index (χ3n) is 5.27. The average Bonchev–Trinajstić information content (AvgIpc) is 2.63. The number of rotatable bonds is 3. The van der Waals surface area contributed by atoms with E-state index in [0.29, 0.717) is 43.7 Å². The number of halogens is 1. The summed E-state index contributed by atoms with van der Waals surface area (Å²) in [5.74, 6) is 0.644. The Hall–Kier alpha value is -1.70. The van der Waals surface area contributed by atoms with Gasteiger partial charge >= 0.3 is 0 Å². The minimum atomic E-state index is -3.38. The minimum absolute atomic E-state index is 0.00249. The number of fused-ring (bicyclic) bond motifs is 1.